The number of aliphatic imine (C=N–C) groups is 1. The number of nitrogens with one attached hydrogen (secondary N) is 2. The number of benzene rings is 2. The Morgan fingerprint density at radius 1 is 1.15 bits per heavy atom. The van der Waals surface area contributed by atoms with Crippen molar-refractivity contribution in [3.05, 3.63) is 70.5 Å². The summed E-state index contributed by atoms with van der Waals surface area (Å²) in [5.74, 6) is 0.0638. The number of aryl methyl sites for hydroxylation is 1. The van der Waals surface area contributed by atoms with Crippen molar-refractivity contribution in [3.63, 3.8) is 0 Å². The summed E-state index contributed by atoms with van der Waals surface area (Å²) < 4.78 is 13.2. The van der Waals surface area contributed by atoms with E-state index in [-0.39, 0.29) is 29.8 Å². The lowest BCUT2D eigenvalue weighted by Gasteiger charge is -2.12. The molecule has 0 aliphatic heterocycles. The van der Waals surface area contributed by atoms with Gasteiger partial charge < -0.3 is 16.4 Å². The summed E-state index contributed by atoms with van der Waals surface area (Å²) in [4.78, 5) is 15.6. The fourth-order valence-corrected chi connectivity index (χ4v) is 2.54. The molecule has 146 valence electrons. The number of hydrogen-bond donors (Lipinski definition) is 3. The maximum atomic E-state index is 13.2. The highest BCUT2D eigenvalue weighted by atomic mass is 127. The zero-order valence-electron chi connectivity index (χ0n) is 15.6. The topological polar surface area (TPSA) is 79.5 Å². The molecule has 0 bridgehead atoms. The molecule has 4 N–H and O–H groups in total. The van der Waals surface area contributed by atoms with E-state index in [2.05, 4.69) is 15.6 Å². The van der Waals surface area contributed by atoms with E-state index < -0.39 is 5.91 Å². The van der Waals surface area contributed by atoms with Gasteiger partial charge in [-0.05, 0) is 61.2 Å². The minimum absolute atomic E-state index is 0. The molecule has 1 amide bonds. The first kappa shape index (κ1) is 22.9. The number of carbonyl (C=O) groups excluding carboxylic acids is 1. The Morgan fingerprint density at radius 3 is 2.44 bits per heavy atom. The first-order chi connectivity index (χ1) is 12.5. The minimum Gasteiger partial charge on any atom is -0.366 e. The Hall–Kier alpha value is -2.16. The summed E-state index contributed by atoms with van der Waals surface area (Å²) in [6.45, 7) is 5.85. The zero-order valence-corrected chi connectivity index (χ0v) is 17.9. The van der Waals surface area contributed by atoms with Gasteiger partial charge in [0.15, 0.2) is 5.96 Å². The molecule has 0 saturated heterocycles. The monoisotopic (exact) mass is 484 g/mol. The lowest BCUT2D eigenvalue weighted by Crippen LogP contribution is -2.38. The van der Waals surface area contributed by atoms with Crippen molar-refractivity contribution in [2.75, 3.05) is 13.1 Å². The van der Waals surface area contributed by atoms with Gasteiger partial charge in [0, 0.05) is 18.7 Å². The van der Waals surface area contributed by atoms with Gasteiger partial charge in [-0.1, -0.05) is 18.2 Å². The van der Waals surface area contributed by atoms with Crippen LogP contribution in [0.15, 0.2) is 47.5 Å². The van der Waals surface area contributed by atoms with Crippen LogP contribution >= 0.6 is 24.0 Å². The Bertz CT molecular complexity index is 778. The highest BCUT2D eigenvalue weighted by Gasteiger charge is 2.03. The fourth-order valence-electron chi connectivity index (χ4n) is 2.54. The number of guanidine groups is 1. The summed E-state index contributed by atoms with van der Waals surface area (Å²) in [6, 6.07) is 11.9. The third kappa shape index (κ3) is 7.54. The Balaban J connectivity index is 0.00000364. The predicted molar refractivity (Wildman–Crippen MR) is 118 cm³/mol. The van der Waals surface area contributed by atoms with Gasteiger partial charge in [0.2, 0.25) is 5.91 Å². The molecule has 0 spiro atoms. The van der Waals surface area contributed by atoms with Crippen molar-refractivity contribution >= 4 is 35.8 Å². The maximum absolute atomic E-state index is 13.2. The molecule has 0 aliphatic rings. The molecule has 5 nitrogen and oxygen atoms in total. The molecule has 0 atom stereocenters. The molecule has 0 radical (unpaired) electrons. The van der Waals surface area contributed by atoms with Crippen molar-refractivity contribution in [2.24, 2.45) is 10.7 Å². The van der Waals surface area contributed by atoms with Gasteiger partial charge >= 0.3 is 0 Å². The van der Waals surface area contributed by atoms with Gasteiger partial charge in [0.1, 0.15) is 5.82 Å². The second kappa shape index (κ2) is 11.5. The van der Waals surface area contributed by atoms with Crippen LogP contribution in [0.1, 0.15) is 34.0 Å². The molecule has 2 aromatic carbocycles. The van der Waals surface area contributed by atoms with E-state index in [0.29, 0.717) is 24.6 Å². The highest BCUT2D eigenvalue weighted by molar-refractivity contribution is 14.0. The van der Waals surface area contributed by atoms with E-state index in [1.807, 2.05) is 32.0 Å². The second-order valence-corrected chi connectivity index (χ2v) is 6.00. The van der Waals surface area contributed by atoms with Gasteiger partial charge in [-0.15, -0.1) is 24.0 Å². The molecule has 0 aromatic heterocycles. The number of primary amides is 1. The SMILES string of the molecule is CCNC(=NCc1ccc(C(N)=O)cc1)NCCc1ccc(F)cc1C.I. The first-order valence-electron chi connectivity index (χ1n) is 8.65. The zero-order chi connectivity index (χ0) is 18.9. The highest BCUT2D eigenvalue weighted by Crippen LogP contribution is 2.10. The summed E-state index contributed by atoms with van der Waals surface area (Å²) in [6.07, 6.45) is 0.782. The van der Waals surface area contributed by atoms with E-state index in [1.54, 1.807) is 18.2 Å². The summed E-state index contributed by atoms with van der Waals surface area (Å²) in [5.41, 5.74) is 8.77. The van der Waals surface area contributed by atoms with Gasteiger partial charge in [-0.25, -0.2) is 9.38 Å². The molecule has 7 heteroatoms. The first-order valence-corrected chi connectivity index (χ1v) is 8.65. The standard InChI is InChI=1S/C20H25FN4O.HI/c1-3-23-20(24-11-10-16-8-9-18(21)12-14(16)2)25-13-15-4-6-17(7-5-15)19(22)26;/h4-9,12H,3,10-11,13H2,1-2H3,(H2,22,26)(H2,23,24,25);1H. The average molecular weight is 484 g/mol. The van der Waals surface area contributed by atoms with Crippen molar-refractivity contribution in [3.8, 4) is 0 Å². The fraction of sp³-hybridized carbons (Fsp3) is 0.300. The minimum atomic E-state index is -0.439. The second-order valence-electron chi connectivity index (χ2n) is 6.00. The molecular weight excluding hydrogens is 458 g/mol. The smallest absolute Gasteiger partial charge is 0.248 e. The maximum Gasteiger partial charge on any atom is 0.248 e. The van der Waals surface area contributed by atoms with Crippen LogP contribution in [0.5, 0.6) is 0 Å². The van der Waals surface area contributed by atoms with Gasteiger partial charge in [0.05, 0.1) is 6.54 Å². The summed E-state index contributed by atoms with van der Waals surface area (Å²) in [5, 5.41) is 6.48. The molecule has 0 aliphatic carbocycles. The summed E-state index contributed by atoms with van der Waals surface area (Å²) >= 11 is 0. The van der Waals surface area contributed by atoms with E-state index in [1.165, 1.54) is 6.07 Å². The molecule has 2 aromatic rings. The predicted octanol–water partition coefficient (Wildman–Crippen LogP) is 3.15. The van der Waals surface area contributed by atoms with Crippen LogP contribution in [-0.4, -0.2) is 25.0 Å². The molecule has 0 saturated carbocycles. The Kier molecular flexibility index (Phi) is 9.77. The van der Waals surface area contributed by atoms with Gasteiger partial charge in [-0.2, -0.15) is 0 Å². The number of nitrogens with zero attached hydrogens (tertiary/aromatic N) is 1. The van der Waals surface area contributed by atoms with E-state index >= 15 is 0 Å². The number of halogens is 2. The van der Waals surface area contributed by atoms with Crippen molar-refractivity contribution in [2.45, 2.75) is 26.8 Å². The molecule has 2 rings (SSSR count). The largest absolute Gasteiger partial charge is 0.366 e. The number of amides is 1. The van der Waals surface area contributed by atoms with Gasteiger partial charge in [-0.3, -0.25) is 4.79 Å². The Labute approximate surface area is 176 Å². The van der Waals surface area contributed by atoms with Crippen molar-refractivity contribution < 1.29 is 9.18 Å². The number of hydrogen-bond acceptors (Lipinski definition) is 2. The molecular formula is C20H26FIN4O. The quantitative estimate of drug-likeness (QED) is 0.321. The van der Waals surface area contributed by atoms with Crippen LogP contribution in [0.3, 0.4) is 0 Å². The van der Waals surface area contributed by atoms with E-state index in [0.717, 1.165) is 29.7 Å². The normalized spacial score (nSPS) is 10.9. The number of nitrogens with two attached hydrogens (primary N) is 1. The van der Waals surface area contributed by atoms with Crippen molar-refractivity contribution in [1.29, 1.82) is 0 Å². The van der Waals surface area contributed by atoms with Crippen molar-refractivity contribution in [1.82, 2.24) is 10.6 Å². The lowest BCUT2D eigenvalue weighted by molar-refractivity contribution is 0.100. The third-order valence-electron chi connectivity index (χ3n) is 3.99. The molecule has 27 heavy (non-hydrogen) atoms. The van der Waals surface area contributed by atoms with Crippen LogP contribution in [0.4, 0.5) is 4.39 Å². The molecule has 0 unspecified atom stereocenters. The van der Waals surface area contributed by atoms with E-state index in [9.17, 15) is 9.18 Å². The molecule has 0 heterocycles. The van der Waals surface area contributed by atoms with Crippen LogP contribution in [0, 0.1) is 12.7 Å². The average Bonchev–Trinajstić information content (AvgIpc) is 2.61. The number of rotatable bonds is 7. The van der Waals surface area contributed by atoms with E-state index in [4.69, 9.17) is 5.73 Å². The van der Waals surface area contributed by atoms with Crippen LogP contribution in [0.25, 0.3) is 0 Å². The third-order valence-corrected chi connectivity index (χ3v) is 3.99. The van der Waals surface area contributed by atoms with Crippen LogP contribution in [-0.2, 0) is 13.0 Å². The molecule has 0 fully saturated rings. The van der Waals surface area contributed by atoms with Crippen LogP contribution < -0.4 is 16.4 Å². The summed E-state index contributed by atoms with van der Waals surface area (Å²) in [7, 11) is 0. The number of carbonyl (C=O) groups is 1. The van der Waals surface area contributed by atoms with Crippen LogP contribution in [0.2, 0.25) is 0 Å². The Morgan fingerprint density at radius 2 is 1.85 bits per heavy atom. The van der Waals surface area contributed by atoms with Gasteiger partial charge in [0.25, 0.3) is 0 Å². The lowest BCUT2D eigenvalue weighted by atomic mass is 10.1.